The second-order valence-corrected chi connectivity index (χ2v) is 6.40. The van der Waals surface area contributed by atoms with Crippen molar-refractivity contribution >= 4 is 22.6 Å². The lowest BCUT2D eigenvalue weighted by Gasteiger charge is -2.13. The van der Waals surface area contributed by atoms with Crippen LogP contribution in [-0.4, -0.2) is 15.7 Å². The maximum absolute atomic E-state index is 11.3. The minimum Gasteiger partial charge on any atom is -0.259 e. The topological polar surface area (TPSA) is 17.1 Å². The van der Waals surface area contributed by atoms with Gasteiger partial charge in [0.25, 0.3) is 0 Å². The summed E-state index contributed by atoms with van der Waals surface area (Å²) in [6.45, 7) is 0. The lowest BCUT2D eigenvalue weighted by atomic mass is 10.2. The average molecular weight is 250 g/mol. The number of thioether (sulfide) groups is 1. The van der Waals surface area contributed by atoms with E-state index in [0.717, 1.165) is 6.42 Å². The fourth-order valence-corrected chi connectivity index (χ4v) is 3.09. The Morgan fingerprint density at radius 1 is 1.31 bits per heavy atom. The highest BCUT2D eigenvalue weighted by molar-refractivity contribution is 8.03. The van der Waals surface area contributed by atoms with E-state index in [1.165, 1.54) is 9.80 Å². The minimum absolute atomic E-state index is 0.195. The van der Waals surface area contributed by atoms with Crippen LogP contribution in [0, 0.1) is 0 Å². The second-order valence-electron chi connectivity index (χ2n) is 3.65. The van der Waals surface area contributed by atoms with Crippen LogP contribution >= 0.6 is 11.8 Å². The van der Waals surface area contributed by atoms with Crippen molar-refractivity contribution in [2.24, 2.45) is 0 Å². The zero-order valence-electron chi connectivity index (χ0n) is 9.13. The summed E-state index contributed by atoms with van der Waals surface area (Å²) in [7, 11) is -0.754. The Morgan fingerprint density at radius 3 is 2.62 bits per heavy atom. The molecule has 0 aromatic heterocycles. The van der Waals surface area contributed by atoms with Gasteiger partial charge in [-0.2, -0.15) is 0 Å². The van der Waals surface area contributed by atoms with Crippen LogP contribution < -0.4 is 0 Å². The molecule has 1 aliphatic rings. The van der Waals surface area contributed by atoms with E-state index in [1.54, 1.807) is 18.0 Å². The summed E-state index contributed by atoms with van der Waals surface area (Å²) in [5.41, 5.74) is 0. The van der Waals surface area contributed by atoms with Crippen molar-refractivity contribution in [2.45, 2.75) is 16.6 Å². The van der Waals surface area contributed by atoms with Gasteiger partial charge in [0.1, 0.15) is 0 Å². The molecule has 1 aromatic rings. The lowest BCUT2D eigenvalue weighted by Crippen LogP contribution is -2.11. The summed E-state index contributed by atoms with van der Waals surface area (Å²) < 4.78 is 11.3. The van der Waals surface area contributed by atoms with Gasteiger partial charge in [-0.3, -0.25) is 4.21 Å². The zero-order chi connectivity index (χ0) is 11.4. The molecular formula is C13H14OS2. The third kappa shape index (κ3) is 3.09. The van der Waals surface area contributed by atoms with E-state index in [4.69, 9.17) is 0 Å². The minimum atomic E-state index is -0.754. The van der Waals surface area contributed by atoms with E-state index in [0.29, 0.717) is 0 Å². The predicted octanol–water partition coefficient (Wildman–Crippen LogP) is 3.37. The van der Waals surface area contributed by atoms with Crippen molar-refractivity contribution < 1.29 is 4.21 Å². The van der Waals surface area contributed by atoms with Crippen molar-refractivity contribution in [1.82, 2.24) is 0 Å². The maximum atomic E-state index is 11.3. The summed E-state index contributed by atoms with van der Waals surface area (Å²) in [5.74, 6) is 0. The molecule has 1 nitrogen and oxygen atoms in total. The number of benzene rings is 1. The quantitative estimate of drug-likeness (QED) is 0.818. The number of rotatable bonds is 3. The van der Waals surface area contributed by atoms with Crippen LogP contribution in [0.3, 0.4) is 0 Å². The molecule has 2 rings (SSSR count). The fourth-order valence-electron chi connectivity index (χ4n) is 1.53. The third-order valence-corrected chi connectivity index (χ3v) is 4.68. The molecule has 1 aromatic carbocycles. The Bertz CT molecular complexity index is 435. The van der Waals surface area contributed by atoms with Gasteiger partial charge >= 0.3 is 0 Å². The molecule has 0 saturated heterocycles. The average Bonchev–Trinajstić information content (AvgIpc) is 2.31. The highest BCUT2D eigenvalue weighted by atomic mass is 32.2. The van der Waals surface area contributed by atoms with E-state index < -0.39 is 10.8 Å². The van der Waals surface area contributed by atoms with Gasteiger partial charge in [0.05, 0.1) is 5.25 Å². The smallest absolute Gasteiger partial charge is 0.0563 e. The molecule has 0 N–H and O–H groups in total. The first-order valence-electron chi connectivity index (χ1n) is 5.19. The number of hydrogen-bond donors (Lipinski definition) is 0. The molecule has 84 valence electrons. The van der Waals surface area contributed by atoms with Crippen LogP contribution in [0.2, 0.25) is 0 Å². The summed E-state index contributed by atoms with van der Waals surface area (Å²) in [5, 5.41) is 0.195. The van der Waals surface area contributed by atoms with Gasteiger partial charge < -0.3 is 0 Å². The molecule has 0 saturated carbocycles. The highest BCUT2D eigenvalue weighted by Gasteiger charge is 2.12. The van der Waals surface area contributed by atoms with E-state index in [1.807, 2.05) is 18.2 Å². The molecule has 2 atom stereocenters. The molecule has 0 radical (unpaired) electrons. The summed E-state index contributed by atoms with van der Waals surface area (Å²) in [6.07, 6.45) is 8.95. The molecule has 0 fully saturated rings. The lowest BCUT2D eigenvalue weighted by molar-refractivity contribution is 0.681. The Hall–Kier alpha value is -0.800. The molecule has 0 spiro atoms. The van der Waals surface area contributed by atoms with E-state index >= 15 is 0 Å². The van der Waals surface area contributed by atoms with Gasteiger partial charge in [0.2, 0.25) is 0 Å². The van der Waals surface area contributed by atoms with Crippen molar-refractivity contribution in [3.63, 3.8) is 0 Å². The summed E-state index contributed by atoms with van der Waals surface area (Å²) in [4.78, 5) is 2.49. The Balaban J connectivity index is 2.00. The predicted molar refractivity (Wildman–Crippen MR) is 72.0 cm³/mol. The van der Waals surface area contributed by atoms with Crippen LogP contribution in [0.5, 0.6) is 0 Å². The van der Waals surface area contributed by atoms with Gasteiger partial charge in [-0.15, -0.1) is 0 Å². The van der Waals surface area contributed by atoms with E-state index in [2.05, 4.69) is 30.4 Å². The molecular weight excluding hydrogens is 236 g/mol. The Labute approximate surface area is 103 Å². The number of allylic oxidation sites excluding steroid dienone is 2. The third-order valence-electron chi connectivity index (χ3n) is 2.43. The molecule has 16 heavy (non-hydrogen) atoms. The standard InChI is InChI=1S/C13H14OS2/c1-16(14)13-9-7-12(8-10-13)15-11-5-3-2-4-6-11/h2-9,13H,10H2,1H3. The Kier molecular flexibility index (Phi) is 4.02. The van der Waals surface area contributed by atoms with Crippen molar-refractivity contribution in [3.8, 4) is 0 Å². The van der Waals surface area contributed by atoms with Crippen LogP contribution in [0.4, 0.5) is 0 Å². The van der Waals surface area contributed by atoms with Crippen LogP contribution in [0.1, 0.15) is 6.42 Å². The van der Waals surface area contributed by atoms with Crippen molar-refractivity contribution in [2.75, 3.05) is 6.26 Å². The molecule has 0 heterocycles. The van der Waals surface area contributed by atoms with Gasteiger partial charge in [-0.1, -0.05) is 48.2 Å². The molecule has 2 unspecified atom stereocenters. The summed E-state index contributed by atoms with van der Waals surface area (Å²) in [6, 6.07) is 10.3. The van der Waals surface area contributed by atoms with Gasteiger partial charge in [-0.25, -0.2) is 0 Å². The first-order valence-corrected chi connectivity index (χ1v) is 7.63. The van der Waals surface area contributed by atoms with E-state index in [9.17, 15) is 4.21 Å². The number of hydrogen-bond acceptors (Lipinski definition) is 2. The van der Waals surface area contributed by atoms with Crippen LogP contribution in [0.15, 0.2) is 58.4 Å². The van der Waals surface area contributed by atoms with Gasteiger partial charge in [0, 0.05) is 26.9 Å². The van der Waals surface area contributed by atoms with E-state index in [-0.39, 0.29) is 5.25 Å². The molecule has 1 aliphatic carbocycles. The highest BCUT2D eigenvalue weighted by Crippen LogP contribution is 2.30. The molecule has 0 bridgehead atoms. The molecule has 3 heteroatoms. The normalized spacial score (nSPS) is 21.6. The zero-order valence-corrected chi connectivity index (χ0v) is 10.8. The maximum Gasteiger partial charge on any atom is 0.0563 e. The summed E-state index contributed by atoms with van der Waals surface area (Å²) >= 11 is 1.75. The monoisotopic (exact) mass is 250 g/mol. The first-order chi connectivity index (χ1) is 7.75. The largest absolute Gasteiger partial charge is 0.259 e. The fraction of sp³-hybridized carbons (Fsp3) is 0.231. The molecule has 0 amide bonds. The van der Waals surface area contributed by atoms with Crippen LogP contribution in [0.25, 0.3) is 0 Å². The molecule has 0 aliphatic heterocycles. The van der Waals surface area contributed by atoms with Gasteiger partial charge in [-0.05, 0) is 18.6 Å². The second kappa shape index (κ2) is 5.51. The van der Waals surface area contributed by atoms with Gasteiger partial charge in [0.15, 0.2) is 0 Å². The van der Waals surface area contributed by atoms with Crippen LogP contribution in [-0.2, 0) is 10.8 Å². The SMILES string of the molecule is CS(=O)C1C=CC(Sc2ccccc2)=CC1. The Morgan fingerprint density at radius 2 is 2.06 bits per heavy atom. The van der Waals surface area contributed by atoms with Crippen molar-refractivity contribution in [1.29, 1.82) is 0 Å². The van der Waals surface area contributed by atoms with Crippen molar-refractivity contribution in [3.05, 3.63) is 53.5 Å². The first kappa shape index (κ1) is 11.7.